The van der Waals surface area contributed by atoms with Crippen molar-refractivity contribution in [3.63, 3.8) is 0 Å². The standard InChI is InChI=1S/C7H18N2O2/c1-5(10)7(9)3-2-6(11)4-8/h5-7,10-11H,2-4,8-9H2,1H3. The van der Waals surface area contributed by atoms with E-state index in [9.17, 15) is 0 Å². The lowest BCUT2D eigenvalue weighted by molar-refractivity contribution is 0.132. The van der Waals surface area contributed by atoms with Gasteiger partial charge >= 0.3 is 0 Å². The molecule has 4 heteroatoms. The first-order chi connectivity index (χ1) is 5.07. The van der Waals surface area contributed by atoms with Crippen molar-refractivity contribution in [2.75, 3.05) is 6.54 Å². The number of hydrogen-bond donors (Lipinski definition) is 4. The van der Waals surface area contributed by atoms with Gasteiger partial charge in [0.2, 0.25) is 0 Å². The van der Waals surface area contributed by atoms with E-state index in [1.165, 1.54) is 0 Å². The van der Waals surface area contributed by atoms with Crippen molar-refractivity contribution in [1.29, 1.82) is 0 Å². The van der Waals surface area contributed by atoms with E-state index in [1.807, 2.05) is 0 Å². The summed E-state index contributed by atoms with van der Waals surface area (Å²) in [6.07, 6.45) is 0.165. The molecule has 0 fully saturated rings. The van der Waals surface area contributed by atoms with E-state index in [4.69, 9.17) is 21.7 Å². The number of hydrogen-bond acceptors (Lipinski definition) is 4. The largest absolute Gasteiger partial charge is 0.392 e. The highest BCUT2D eigenvalue weighted by atomic mass is 16.3. The number of rotatable bonds is 5. The summed E-state index contributed by atoms with van der Waals surface area (Å²) < 4.78 is 0. The molecule has 68 valence electrons. The van der Waals surface area contributed by atoms with Gasteiger partial charge in [0, 0.05) is 12.6 Å². The average Bonchev–Trinajstić information content (AvgIpc) is 1.99. The first-order valence-electron chi connectivity index (χ1n) is 3.89. The molecule has 11 heavy (non-hydrogen) atoms. The lowest BCUT2D eigenvalue weighted by Gasteiger charge is -2.15. The van der Waals surface area contributed by atoms with Crippen molar-refractivity contribution < 1.29 is 10.2 Å². The summed E-state index contributed by atoms with van der Waals surface area (Å²) in [5.41, 5.74) is 10.7. The number of aliphatic hydroxyl groups excluding tert-OH is 2. The molecule has 0 saturated heterocycles. The average molecular weight is 162 g/mol. The third-order valence-corrected chi connectivity index (χ3v) is 1.72. The smallest absolute Gasteiger partial charge is 0.0663 e. The zero-order valence-corrected chi connectivity index (χ0v) is 6.90. The van der Waals surface area contributed by atoms with Gasteiger partial charge in [0.15, 0.2) is 0 Å². The van der Waals surface area contributed by atoms with Gasteiger partial charge in [0.05, 0.1) is 12.2 Å². The molecule has 0 aliphatic rings. The fourth-order valence-corrected chi connectivity index (χ4v) is 0.744. The second kappa shape index (κ2) is 5.49. The van der Waals surface area contributed by atoms with Crippen LogP contribution in [0.5, 0.6) is 0 Å². The second-order valence-corrected chi connectivity index (χ2v) is 2.87. The summed E-state index contributed by atoms with van der Waals surface area (Å²) in [5, 5.41) is 18.0. The van der Waals surface area contributed by atoms with Crippen molar-refractivity contribution in [3.8, 4) is 0 Å². The summed E-state index contributed by atoms with van der Waals surface area (Å²) in [6.45, 7) is 1.89. The van der Waals surface area contributed by atoms with Gasteiger partial charge < -0.3 is 21.7 Å². The van der Waals surface area contributed by atoms with Crippen molar-refractivity contribution in [2.45, 2.75) is 38.0 Å². The van der Waals surface area contributed by atoms with Gasteiger partial charge in [-0.15, -0.1) is 0 Å². The quantitative estimate of drug-likeness (QED) is 0.408. The van der Waals surface area contributed by atoms with Crippen LogP contribution in [0.4, 0.5) is 0 Å². The minimum Gasteiger partial charge on any atom is -0.392 e. The molecule has 0 bridgehead atoms. The minimum absolute atomic E-state index is 0.254. The molecule has 0 spiro atoms. The first kappa shape index (κ1) is 10.8. The summed E-state index contributed by atoms with van der Waals surface area (Å²) in [7, 11) is 0. The van der Waals surface area contributed by atoms with Gasteiger partial charge in [-0.3, -0.25) is 0 Å². The zero-order chi connectivity index (χ0) is 8.85. The number of aliphatic hydroxyl groups is 2. The molecule has 0 aromatic rings. The van der Waals surface area contributed by atoms with Crippen LogP contribution in [0.3, 0.4) is 0 Å². The van der Waals surface area contributed by atoms with Crippen molar-refractivity contribution >= 4 is 0 Å². The lowest BCUT2D eigenvalue weighted by Crippen LogP contribution is -2.34. The van der Waals surface area contributed by atoms with E-state index in [1.54, 1.807) is 6.92 Å². The summed E-state index contributed by atoms with van der Waals surface area (Å²) >= 11 is 0. The second-order valence-electron chi connectivity index (χ2n) is 2.87. The molecule has 0 rings (SSSR count). The van der Waals surface area contributed by atoms with Gasteiger partial charge in [-0.2, -0.15) is 0 Å². The van der Waals surface area contributed by atoms with Crippen LogP contribution in [0.25, 0.3) is 0 Å². The maximum absolute atomic E-state index is 9.03. The van der Waals surface area contributed by atoms with Gasteiger partial charge in [-0.25, -0.2) is 0 Å². The highest BCUT2D eigenvalue weighted by molar-refractivity contribution is 4.69. The summed E-state index contributed by atoms with van der Waals surface area (Å²) in [4.78, 5) is 0. The van der Waals surface area contributed by atoms with Gasteiger partial charge in [0.25, 0.3) is 0 Å². The molecule has 0 radical (unpaired) electrons. The molecule has 0 aliphatic carbocycles. The third kappa shape index (κ3) is 5.15. The van der Waals surface area contributed by atoms with Crippen LogP contribution in [-0.4, -0.2) is 35.0 Å². The van der Waals surface area contributed by atoms with Crippen LogP contribution in [-0.2, 0) is 0 Å². The van der Waals surface area contributed by atoms with Crippen molar-refractivity contribution in [2.24, 2.45) is 11.5 Å². The monoisotopic (exact) mass is 162 g/mol. The molecule has 0 saturated carbocycles. The fraction of sp³-hybridized carbons (Fsp3) is 1.00. The van der Waals surface area contributed by atoms with E-state index < -0.39 is 12.2 Å². The third-order valence-electron chi connectivity index (χ3n) is 1.72. The highest BCUT2D eigenvalue weighted by Gasteiger charge is 2.10. The van der Waals surface area contributed by atoms with Gasteiger partial charge in [-0.1, -0.05) is 0 Å². The summed E-state index contributed by atoms with van der Waals surface area (Å²) in [6, 6.07) is -0.254. The Bertz CT molecular complexity index is 98.4. The predicted octanol–water partition coefficient (Wildman–Crippen LogP) is -1.21. The topological polar surface area (TPSA) is 92.5 Å². The zero-order valence-electron chi connectivity index (χ0n) is 6.90. The number of nitrogens with two attached hydrogens (primary N) is 2. The van der Waals surface area contributed by atoms with Crippen molar-refractivity contribution in [3.05, 3.63) is 0 Å². The molecule has 4 nitrogen and oxygen atoms in total. The summed E-state index contributed by atoms with van der Waals surface area (Å²) in [5.74, 6) is 0. The Labute approximate surface area is 67.2 Å². The molecule has 3 atom stereocenters. The van der Waals surface area contributed by atoms with E-state index >= 15 is 0 Å². The Morgan fingerprint density at radius 3 is 2.18 bits per heavy atom. The van der Waals surface area contributed by atoms with E-state index in [-0.39, 0.29) is 12.6 Å². The first-order valence-corrected chi connectivity index (χ1v) is 3.89. The van der Waals surface area contributed by atoms with Gasteiger partial charge in [-0.05, 0) is 19.8 Å². The van der Waals surface area contributed by atoms with Crippen molar-refractivity contribution in [1.82, 2.24) is 0 Å². The van der Waals surface area contributed by atoms with E-state index in [0.29, 0.717) is 12.8 Å². The van der Waals surface area contributed by atoms with Crippen LogP contribution in [0.1, 0.15) is 19.8 Å². The molecule has 0 amide bonds. The van der Waals surface area contributed by atoms with Crippen LogP contribution in [0.2, 0.25) is 0 Å². The highest BCUT2D eigenvalue weighted by Crippen LogP contribution is 2.02. The molecule has 0 aromatic heterocycles. The Kier molecular flexibility index (Phi) is 5.41. The van der Waals surface area contributed by atoms with E-state index in [0.717, 1.165) is 0 Å². The SMILES string of the molecule is CC(O)C(N)CCC(O)CN. The molecule has 6 N–H and O–H groups in total. The predicted molar refractivity (Wildman–Crippen MR) is 44.0 cm³/mol. The maximum atomic E-state index is 9.03. The Morgan fingerprint density at radius 1 is 1.27 bits per heavy atom. The normalized spacial score (nSPS) is 19.4. The molecule has 3 unspecified atom stereocenters. The molecule has 0 aliphatic heterocycles. The van der Waals surface area contributed by atoms with Crippen LogP contribution in [0.15, 0.2) is 0 Å². The van der Waals surface area contributed by atoms with Gasteiger partial charge in [0.1, 0.15) is 0 Å². The Hall–Kier alpha value is -0.160. The molecular formula is C7H18N2O2. The lowest BCUT2D eigenvalue weighted by atomic mass is 10.1. The Balaban J connectivity index is 3.37. The molecular weight excluding hydrogens is 144 g/mol. The molecule has 0 heterocycles. The minimum atomic E-state index is -0.514. The van der Waals surface area contributed by atoms with E-state index in [2.05, 4.69) is 0 Å². The van der Waals surface area contributed by atoms with Crippen LogP contribution < -0.4 is 11.5 Å². The van der Waals surface area contributed by atoms with Crippen LogP contribution >= 0.6 is 0 Å². The fourth-order valence-electron chi connectivity index (χ4n) is 0.744. The maximum Gasteiger partial charge on any atom is 0.0663 e. The molecule has 0 aromatic carbocycles. The Morgan fingerprint density at radius 2 is 1.82 bits per heavy atom. The van der Waals surface area contributed by atoms with Crippen LogP contribution in [0, 0.1) is 0 Å².